The fourth-order valence-electron chi connectivity index (χ4n) is 4.61. The van der Waals surface area contributed by atoms with Gasteiger partial charge in [0.1, 0.15) is 6.54 Å². The van der Waals surface area contributed by atoms with Crippen LogP contribution in [0.1, 0.15) is 16.8 Å². The van der Waals surface area contributed by atoms with Gasteiger partial charge in [0.15, 0.2) is 0 Å². The van der Waals surface area contributed by atoms with E-state index >= 15 is 0 Å². The Bertz CT molecular complexity index is 1060. The highest BCUT2D eigenvalue weighted by Crippen LogP contribution is 2.26. The van der Waals surface area contributed by atoms with Crippen molar-refractivity contribution >= 4 is 22.7 Å². The molecule has 154 valence electrons. The lowest BCUT2D eigenvalue weighted by molar-refractivity contribution is -0.122. The van der Waals surface area contributed by atoms with Crippen molar-refractivity contribution in [3.8, 4) is 0 Å². The quantitative estimate of drug-likeness (QED) is 0.705. The van der Waals surface area contributed by atoms with Gasteiger partial charge in [0, 0.05) is 49.2 Å². The summed E-state index contributed by atoms with van der Waals surface area (Å²) in [7, 11) is 0. The number of carbonyl (C=O) groups excluding carboxylic acids is 2. The number of piperazine rings is 1. The first kappa shape index (κ1) is 18.8. The van der Waals surface area contributed by atoms with Gasteiger partial charge in [-0.1, -0.05) is 36.4 Å². The number of aromatic nitrogens is 2. The van der Waals surface area contributed by atoms with Gasteiger partial charge in [0.05, 0.1) is 11.7 Å². The van der Waals surface area contributed by atoms with Crippen molar-refractivity contribution in [3.05, 3.63) is 66.4 Å². The summed E-state index contributed by atoms with van der Waals surface area (Å²) in [5.74, 6) is 0.0209. The summed E-state index contributed by atoms with van der Waals surface area (Å²) in [4.78, 5) is 30.0. The molecule has 2 aliphatic rings. The second kappa shape index (κ2) is 7.91. The van der Waals surface area contributed by atoms with Crippen LogP contribution in [0.4, 0.5) is 0 Å². The van der Waals surface area contributed by atoms with Crippen LogP contribution in [-0.4, -0.2) is 69.7 Å². The summed E-state index contributed by atoms with van der Waals surface area (Å²) in [5, 5.41) is 8.41. The molecule has 2 aliphatic heterocycles. The van der Waals surface area contributed by atoms with Gasteiger partial charge in [0.25, 0.3) is 5.91 Å². The molecule has 3 unspecified atom stereocenters. The summed E-state index contributed by atoms with van der Waals surface area (Å²) in [6.45, 7) is 3.21. The molecule has 1 N–H and O–H groups in total. The lowest BCUT2D eigenvalue weighted by atomic mass is 10.1. The molecule has 2 aromatic carbocycles. The highest BCUT2D eigenvalue weighted by molar-refractivity contribution is 5.94. The Morgan fingerprint density at radius 1 is 1.03 bits per heavy atom. The Labute approximate surface area is 175 Å². The first-order chi connectivity index (χ1) is 14.7. The van der Waals surface area contributed by atoms with E-state index in [0.29, 0.717) is 13.1 Å². The number of amides is 2. The third-order valence-corrected chi connectivity index (χ3v) is 6.22. The second-order valence-electron chi connectivity index (χ2n) is 8.08. The van der Waals surface area contributed by atoms with E-state index in [1.54, 1.807) is 10.9 Å². The molecule has 2 amide bonds. The van der Waals surface area contributed by atoms with Gasteiger partial charge in [-0.3, -0.25) is 19.2 Å². The molecular formula is C23H25N5O2. The summed E-state index contributed by atoms with van der Waals surface area (Å²) >= 11 is 0. The SMILES string of the molecule is O=C(Cn1ncc2ccccc21)NCC1CN(C(=O)c2ccccc2)C2CCN1C2. The maximum atomic E-state index is 13.0. The summed E-state index contributed by atoms with van der Waals surface area (Å²) in [6, 6.07) is 17.7. The minimum atomic E-state index is -0.0638. The van der Waals surface area contributed by atoms with Crippen LogP contribution in [0, 0.1) is 0 Å². The van der Waals surface area contributed by atoms with Crippen LogP contribution in [0.15, 0.2) is 60.8 Å². The third-order valence-electron chi connectivity index (χ3n) is 6.22. The van der Waals surface area contributed by atoms with Gasteiger partial charge >= 0.3 is 0 Å². The van der Waals surface area contributed by atoms with Crippen molar-refractivity contribution in [1.29, 1.82) is 0 Å². The Morgan fingerprint density at radius 2 is 1.83 bits per heavy atom. The summed E-state index contributed by atoms with van der Waals surface area (Å²) in [6.07, 6.45) is 2.77. The Morgan fingerprint density at radius 3 is 2.70 bits per heavy atom. The first-order valence-electron chi connectivity index (χ1n) is 10.5. The predicted molar refractivity (Wildman–Crippen MR) is 114 cm³/mol. The lowest BCUT2D eigenvalue weighted by Gasteiger charge is -2.40. The average Bonchev–Trinajstić information content (AvgIpc) is 3.39. The van der Waals surface area contributed by atoms with Gasteiger partial charge in [-0.2, -0.15) is 5.10 Å². The van der Waals surface area contributed by atoms with E-state index in [9.17, 15) is 9.59 Å². The maximum absolute atomic E-state index is 13.0. The van der Waals surface area contributed by atoms with Crippen molar-refractivity contribution in [1.82, 2.24) is 24.9 Å². The van der Waals surface area contributed by atoms with Crippen LogP contribution in [0.25, 0.3) is 10.9 Å². The largest absolute Gasteiger partial charge is 0.353 e. The van der Waals surface area contributed by atoms with E-state index in [1.807, 2.05) is 59.5 Å². The van der Waals surface area contributed by atoms with Crippen molar-refractivity contribution < 1.29 is 9.59 Å². The summed E-state index contributed by atoms with van der Waals surface area (Å²) < 4.78 is 1.72. The van der Waals surface area contributed by atoms with Gasteiger partial charge in [-0.25, -0.2) is 0 Å². The number of fused-ring (bicyclic) bond motifs is 3. The molecule has 2 bridgehead atoms. The number of benzene rings is 2. The monoisotopic (exact) mass is 403 g/mol. The number of nitrogens with zero attached hydrogens (tertiary/aromatic N) is 4. The number of hydrogen-bond donors (Lipinski definition) is 1. The summed E-state index contributed by atoms with van der Waals surface area (Å²) in [5.41, 5.74) is 1.68. The Balaban J connectivity index is 1.22. The van der Waals surface area contributed by atoms with E-state index in [2.05, 4.69) is 15.3 Å². The van der Waals surface area contributed by atoms with Crippen molar-refractivity contribution in [2.75, 3.05) is 26.2 Å². The first-order valence-corrected chi connectivity index (χ1v) is 10.5. The van der Waals surface area contributed by atoms with Crippen LogP contribution in [-0.2, 0) is 11.3 Å². The highest BCUT2D eigenvalue weighted by atomic mass is 16.2. The van der Waals surface area contributed by atoms with Gasteiger partial charge in [0.2, 0.25) is 5.91 Å². The van der Waals surface area contributed by atoms with Crippen LogP contribution in [0.2, 0.25) is 0 Å². The molecule has 30 heavy (non-hydrogen) atoms. The fraction of sp³-hybridized carbons (Fsp3) is 0.348. The van der Waals surface area contributed by atoms with Crippen LogP contribution >= 0.6 is 0 Å². The van der Waals surface area contributed by atoms with Crippen LogP contribution in [0.5, 0.6) is 0 Å². The normalized spacial score (nSPS) is 22.9. The van der Waals surface area contributed by atoms with E-state index in [0.717, 1.165) is 36.0 Å². The van der Waals surface area contributed by atoms with Crippen molar-refractivity contribution in [3.63, 3.8) is 0 Å². The molecule has 3 heterocycles. The number of hydrogen-bond acceptors (Lipinski definition) is 4. The maximum Gasteiger partial charge on any atom is 0.254 e. The molecule has 7 nitrogen and oxygen atoms in total. The number of rotatable bonds is 5. The molecule has 3 aromatic rings. The molecule has 0 radical (unpaired) electrons. The van der Waals surface area contributed by atoms with Crippen LogP contribution < -0.4 is 5.32 Å². The molecule has 0 spiro atoms. The topological polar surface area (TPSA) is 70.5 Å². The molecule has 0 aliphatic carbocycles. The predicted octanol–water partition coefficient (Wildman–Crippen LogP) is 1.75. The molecule has 3 atom stereocenters. The standard InChI is InChI=1S/C23H25N5O2/c29-22(16-28-21-9-5-4-8-18(21)12-25-28)24-13-20-15-27(19-10-11-26(20)14-19)23(30)17-6-2-1-3-7-17/h1-9,12,19-20H,10-11,13-16H2,(H,24,29). The third kappa shape index (κ3) is 3.57. The Kier molecular flexibility index (Phi) is 4.96. The molecule has 2 fully saturated rings. The molecular weight excluding hydrogens is 378 g/mol. The van der Waals surface area contributed by atoms with Crippen molar-refractivity contribution in [2.24, 2.45) is 0 Å². The smallest absolute Gasteiger partial charge is 0.254 e. The van der Waals surface area contributed by atoms with Gasteiger partial charge < -0.3 is 10.2 Å². The van der Waals surface area contributed by atoms with E-state index in [1.165, 1.54) is 0 Å². The van der Waals surface area contributed by atoms with Crippen molar-refractivity contribution in [2.45, 2.75) is 25.0 Å². The zero-order chi connectivity index (χ0) is 20.5. The highest BCUT2D eigenvalue weighted by Gasteiger charge is 2.40. The molecule has 2 saturated heterocycles. The van der Waals surface area contributed by atoms with Gasteiger partial charge in [-0.05, 0) is 24.6 Å². The van der Waals surface area contributed by atoms with E-state index < -0.39 is 0 Å². The minimum Gasteiger partial charge on any atom is -0.353 e. The van der Waals surface area contributed by atoms with E-state index in [-0.39, 0.29) is 30.4 Å². The zero-order valence-electron chi connectivity index (χ0n) is 16.8. The molecule has 7 heteroatoms. The number of para-hydroxylation sites is 1. The lowest BCUT2D eigenvalue weighted by Crippen LogP contribution is -2.57. The second-order valence-corrected chi connectivity index (χ2v) is 8.08. The number of carbonyl (C=O) groups is 2. The molecule has 1 aromatic heterocycles. The van der Waals surface area contributed by atoms with Gasteiger partial charge in [-0.15, -0.1) is 0 Å². The average molecular weight is 403 g/mol. The molecule has 5 rings (SSSR count). The Hall–Kier alpha value is -3.19. The fourth-order valence-corrected chi connectivity index (χ4v) is 4.61. The number of nitrogens with one attached hydrogen (secondary N) is 1. The van der Waals surface area contributed by atoms with E-state index in [4.69, 9.17) is 0 Å². The van der Waals surface area contributed by atoms with Crippen LogP contribution in [0.3, 0.4) is 0 Å². The zero-order valence-corrected chi connectivity index (χ0v) is 16.8. The molecule has 0 saturated carbocycles. The minimum absolute atomic E-state index is 0.0638.